The summed E-state index contributed by atoms with van der Waals surface area (Å²) >= 11 is 0. The summed E-state index contributed by atoms with van der Waals surface area (Å²) in [6, 6.07) is 5.96. The van der Waals surface area contributed by atoms with E-state index in [2.05, 4.69) is 10.1 Å². The quantitative estimate of drug-likeness (QED) is 0.605. The normalized spacial score (nSPS) is 11.2. The number of aryl methyl sites for hydroxylation is 1. The number of aliphatic hydroxyl groups is 1. The highest BCUT2D eigenvalue weighted by Crippen LogP contribution is 2.24. The van der Waals surface area contributed by atoms with Crippen molar-refractivity contribution in [3.63, 3.8) is 0 Å². The molecule has 6 nitrogen and oxygen atoms in total. The van der Waals surface area contributed by atoms with Crippen LogP contribution in [0.25, 0.3) is 10.9 Å². The molecule has 0 saturated carbocycles. The number of hydrogen-bond acceptors (Lipinski definition) is 4. The molecule has 0 aliphatic carbocycles. The Morgan fingerprint density at radius 3 is 2.81 bits per heavy atom. The number of carboxylic acids is 1. The summed E-state index contributed by atoms with van der Waals surface area (Å²) in [7, 11) is 0. The van der Waals surface area contributed by atoms with Crippen molar-refractivity contribution in [2.75, 3.05) is 6.61 Å². The Bertz CT molecular complexity index is 924. The van der Waals surface area contributed by atoms with Gasteiger partial charge in [0.15, 0.2) is 0 Å². The van der Waals surface area contributed by atoms with Crippen LogP contribution in [0.3, 0.4) is 0 Å². The molecule has 0 bridgehead atoms. The van der Waals surface area contributed by atoms with Gasteiger partial charge in [0.25, 0.3) is 0 Å². The second kappa shape index (κ2) is 8.05. The summed E-state index contributed by atoms with van der Waals surface area (Å²) in [4.78, 5) is 15.4. The molecule has 0 fully saturated rings. The van der Waals surface area contributed by atoms with Gasteiger partial charge in [0.05, 0.1) is 16.8 Å². The van der Waals surface area contributed by atoms with Crippen molar-refractivity contribution in [2.45, 2.75) is 32.2 Å². The molecule has 1 aromatic carbocycles. The molecule has 136 valence electrons. The fraction of sp³-hybridized carbons (Fsp3) is 0.316. The van der Waals surface area contributed by atoms with Crippen LogP contribution >= 0.6 is 0 Å². The smallest absolute Gasteiger partial charge is 0.336 e. The van der Waals surface area contributed by atoms with Gasteiger partial charge in [-0.25, -0.2) is 9.18 Å². The van der Waals surface area contributed by atoms with Gasteiger partial charge >= 0.3 is 5.97 Å². The van der Waals surface area contributed by atoms with Crippen LogP contribution in [0.2, 0.25) is 0 Å². The first kappa shape index (κ1) is 18.0. The number of nitrogens with zero attached hydrogens (tertiary/aromatic N) is 3. The number of benzene rings is 1. The highest BCUT2D eigenvalue weighted by molar-refractivity contribution is 5.89. The zero-order chi connectivity index (χ0) is 18.5. The molecule has 0 aliphatic rings. The summed E-state index contributed by atoms with van der Waals surface area (Å²) in [6.07, 6.45) is 5.67. The molecule has 0 radical (unpaired) electrons. The third-order valence-corrected chi connectivity index (χ3v) is 4.31. The van der Waals surface area contributed by atoms with Gasteiger partial charge in [-0.1, -0.05) is 0 Å². The number of aromatic nitrogens is 3. The van der Waals surface area contributed by atoms with Crippen molar-refractivity contribution >= 4 is 16.9 Å². The van der Waals surface area contributed by atoms with E-state index in [0.29, 0.717) is 23.2 Å². The number of hydrogen-bond donors (Lipinski definition) is 2. The van der Waals surface area contributed by atoms with Crippen LogP contribution in [0.4, 0.5) is 4.39 Å². The Morgan fingerprint density at radius 2 is 2.04 bits per heavy atom. The third-order valence-electron chi connectivity index (χ3n) is 4.31. The zero-order valence-electron chi connectivity index (χ0n) is 14.2. The number of halogens is 1. The van der Waals surface area contributed by atoms with Crippen molar-refractivity contribution in [3.8, 4) is 0 Å². The summed E-state index contributed by atoms with van der Waals surface area (Å²) < 4.78 is 15.6. The van der Waals surface area contributed by atoms with Crippen LogP contribution < -0.4 is 0 Å². The molecule has 7 heteroatoms. The van der Waals surface area contributed by atoms with E-state index < -0.39 is 5.97 Å². The number of pyridine rings is 1. The summed E-state index contributed by atoms with van der Waals surface area (Å²) in [5.41, 5.74) is 2.14. The molecule has 0 unspecified atom stereocenters. The van der Waals surface area contributed by atoms with Gasteiger partial charge in [-0.05, 0) is 49.1 Å². The molecule has 0 atom stereocenters. The molecule has 0 saturated heterocycles. The Labute approximate surface area is 149 Å². The zero-order valence-corrected chi connectivity index (χ0v) is 14.2. The van der Waals surface area contributed by atoms with E-state index >= 15 is 0 Å². The highest BCUT2D eigenvalue weighted by Gasteiger charge is 2.16. The lowest BCUT2D eigenvalue weighted by Gasteiger charge is -2.04. The maximum atomic E-state index is 13.8. The van der Waals surface area contributed by atoms with Gasteiger partial charge in [0, 0.05) is 37.4 Å². The van der Waals surface area contributed by atoms with Crippen molar-refractivity contribution < 1.29 is 19.4 Å². The van der Waals surface area contributed by atoms with Crippen molar-refractivity contribution in [2.24, 2.45) is 0 Å². The minimum absolute atomic E-state index is 0.162. The lowest BCUT2D eigenvalue weighted by Crippen LogP contribution is -2.05. The molecule has 2 N–H and O–H groups in total. The largest absolute Gasteiger partial charge is 0.478 e. The molecule has 0 aliphatic heterocycles. The highest BCUT2D eigenvalue weighted by atomic mass is 19.1. The van der Waals surface area contributed by atoms with E-state index in [9.17, 15) is 14.3 Å². The SMILES string of the molecule is O=C(O)c1ccncc1Cc1nn(CCCCCO)c2ccc(F)cc12. The number of unbranched alkanes of at least 4 members (excludes halogenated alkanes) is 2. The molecule has 2 heterocycles. The molecule has 3 aromatic rings. The predicted molar refractivity (Wildman–Crippen MR) is 94.6 cm³/mol. The van der Waals surface area contributed by atoms with Crippen LogP contribution in [0.15, 0.2) is 36.7 Å². The Morgan fingerprint density at radius 1 is 1.19 bits per heavy atom. The average molecular weight is 357 g/mol. The molecular weight excluding hydrogens is 337 g/mol. The summed E-state index contributed by atoms with van der Waals surface area (Å²) in [5, 5.41) is 23.5. The Kier molecular flexibility index (Phi) is 5.58. The number of aromatic carboxylic acids is 1. The average Bonchev–Trinajstić information content (AvgIpc) is 2.96. The van der Waals surface area contributed by atoms with E-state index in [1.54, 1.807) is 6.07 Å². The lowest BCUT2D eigenvalue weighted by molar-refractivity contribution is 0.0695. The fourth-order valence-corrected chi connectivity index (χ4v) is 3.03. The van der Waals surface area contributed by atoms with E-state index in [1.807, 2.05) is 4.68 Å². The lowest BCUT2D eigenvalue weighted by atomic mass is 10.0. The van der Waals surface area contributed by atoms with Gasteiger partial charge in [-0.15, -0.1) is 0 Å². The Hall–Kier alpha value is -2.80. The molecule has 0 spiro atoms. The summed E-state index contributed by atoms with van der Waals surface area (Å²) in [6.45, 7) is 0.816. The van der Waals surface area contributed by atoms with Crippen molar-refractivity contribution in [1.29, 1.82) is 0 Å². The van der Waals surface area contributed by atoms with Crippen molar-refractivity contribution in [3.05, 3.63) is 59.3 Å². The molecule has 26 heavy (non-hydrogen) atoms. The predicted octanol–water partition coefficient (Wildman–Crippen LogP) is 3.02. The monoisotopic (exact) mass is 357 g/mol. The fourth-order valence-electron chi connectivity index (χ4n) is 3.03. The molecular formula is C19H20FN3O3. The van der Waals surface area contributed by atoms with Crippen LogP contribution in [-0.4, -0.2) is 37.6 Å². The standard InChI is InChI=1S/C19H20FN3O3/c20-14-4-5-18-16(11-14)17(22-23(18)8-2-1-3-9-24)10-13-12-21-7-6-15(13)19(25)26/h4-7,11-12,24H,1-3,8-10H2,(H,25,26). The van der Waals surface area contributed by atoms with Gasteiger partial charge < -0.3 is 10.2 Å². The molecule has 0 amide bonds. The first-order chi connectivity index (χ1) is 12.6. The van der Waals surface area contributed by atoms with E-state index in [-0.39, 0.29) is 24.4 Å². The van der Waals surface area contributed by atoms with Gasteiger partial charge in [-0.3, -0.25) is 9.67 Å². The number of rotatable bonds is 8. The van der Waals surface area contributed by atoms with E-state index in [1.165, 1.54) is 30.6 Å². The van der Waals surface area contributed by atoms with Gasteiger partial charge in [0.1, 0.15) is 5.82 Å². The number of carboxylic acid groups (broad SMARTS) is 1. The number of aliphatic hydroxyl groups excluding tert-OH is 1. The summed E-state index contributed by atoms with van der Waals surface area (Å²) in [5.74, 6) is -1.38. The van der Waals surface area contributed by atoms with E-state index in [4.69, 9.17) is 5.11 Å². The molecule has 3 rings (SSSR count). The van der Waals surface area contributed by atoms with Crippen LogP contribution in [0.5, 0.6) is 0 Å². The van der Waals surface area contributed by atoms with Crippen LogP contribution in [0, 0.1) is 5.82 Å². The van der Waals surface area contributed by atoms with Crippen LogP contribution in [-0.2, 0) is 13.0 Å². The Balaban J connectivity index is 1.95. The second-order valence-electron chi connectivity index (χ2n) is 6.13. The van der Waals surface area contributed by atoms with E-state index in [0.717, 1.165) is 24.8 Å². The third kappa shape index (κ3) is 3.88. The topological polar surface area (TPSA) is 88.2 Å². The minimum Gasteiger partial charge on any atom is -0.478 e. The second-order valence-corrected chi connectivity index (χ2v) is 6.13. The van der Waals surface area contributed by atoms with Gasteiger partial charge in [0.2, 0.25) is 0 Å². The van der Waals surface area contributed by atoms with Crippen molar-refractivity contribution in [1.82, 2.24) is 14.8 Å². The maximum absolute atomic E-state index is 13.8. The first-order valence-electron chi connectivity index (χ1n) is 8.52. The maximum Gasteiger partial charge on any atom is 0.336 e. The van der Waals surface area contributed by atoms with Gasteiger partial charge in [-0.2, -0.15) is 5.10 Å². The number of carbonyl (C=O) groups is 1. The van der Waals surface area contributed by atoms with Crippen LogP contribution in [0.1, 0.15) is 40.9 Å². The molecule has 2 aromatic heterocycles. The minimum atomic E-state index is -1.03. The number of fused-ring (bicyclic) bond motifs is 1. The first-order valence-corrected chi connectivity index (χ1v) is 8.52.